The third-order valence-electron chi connectivity index (χ3n) is 2.53. The van der Waals surface area contributed by atoms with E-state index in [-0.39, 0.29) is 5.91 Å². The molecule has 0 aliphatic carbocycles. The summed E-state index contributed by atoms with van der Waals surface area (Å²) < 4.78 is 5.17. The Labute approximate surface area is 122 Å². The van der Waals surface area contributed by atoms with Crippen molar-refractivity contribution in [3.8, 4) is 11.3 Å². The summed E-state index contributed by atoms with van der Waals surface area (Å²) in [6, 6.07) is 9.86. The van der Waals surface area contributed by atoms with Crippen LogP contribution in [0.4, 0.5) is 5.13 Å². The van der Waals surface area contributed by atoms with E-state index in [4.69, 9.17) is 4.74 Å². The summed E-state index contributed by atoms with van der Waals surface area (Å²) in [5.41, 5.74) is 1.91. The zero-order valence-electron chi connectivity index (χ0n) is 11.0. The maximum absolute atomic E-state index is 11.7. The highest BCUT2D eigenvalue weighted by Crippen LogP contribution is 2.24. The molecule has 2 aromatic rings. The number of nitrogens with one attached hydrogen (secondary N) is 1. The normalized spacial score (nSPS) is 10.2. The lowest BCUT2D eigenvalue weighted by Gasteiger charge is -2.01. The highest BCUT2D eigenvalue weighted by atomic mass is 32.1. The summed E-state index contributed by atoms with van der Waals surface area (Å²) in [5.74, 6) is -0.0944. The van der Waals surface area contributed by atoms with Crippen molar-refractivity contribution < 1.29 is 9.53 Å². The molecular formula is C15H16N2O2S. The Morgan fingerprint density at radius 1 is 1.40 bits per heavy atom. The van der Waals surface area contributed by atoms with E-state index in [1.807, 2.05) is 35.7 Å². The van der Waals surface area contributed by atoms with Gasteiger partial charge < -0.3 is 10.1 Å². The molecule has 0 bridgehead atoms. The molecule has 0 saturated heterocycles. The minimum absolute atomic E-state index is 0.0944. The minimum atomic E-state index is -0.0944. The van der Waals surface area contributed by atoms with Crippen LogP contribution in [-0.4, -0.2) is 24.1 Å². The number of aromatic nitrogens is 1. The fourth-order valence-electron chi connectivity index (χ4n) is 1.59. The molecule has 0 fully saturated rings. The van der Waals surface area contributed by atoms with E-state index in [9.17, 15) is 4.79 Å². The average molecular weight is 288 g/mol. The van der Waals surface area contributed by atoms with Gasteiger partial charge in [-0.05, 0) is 0 Å². The number of nitrogens with zero attached hydrogens (tertiary/aromatic N) is 1. The monoisotopic (exact) mass is 288 g/mol. The Morgan fingerprint density at radius 3 is 2.95 bits per heavy atom. The second-order valence-electron chi connectivity index (χ2n) is 4.07. The number of carbonyl (C=O) groups excluding carboxylic acids is 1. The lowest BCUT2D eigenvalue weighted by Crippen LogP contribution is -2.14. The van der Waals surface area contributed by atoms with Crippen molar-refractivity contribution in [2.75, 3.05) is 18.5 Å². The van der Waals surface area contributed by atoms with Gasteiger partial charge in [-0.2, -0.15) is 0 Å². The Bertz CT molecular complexity index is 566. The number of rotatable bonds is 7. The second-order valence-corrected chi connectivity index (χ2v) is 4.92. The van der Waals surface area contributed by atoms with E-state index in [1.165, 1.54) is 11.3 Å². The molecule has 0 aliphatic rings. The summed E-state index contributed by atoms with van der Waals surface area (Å²) in [5, 5.41) is 5.31. The van der Waals surface area contributed by atoms with Crippen LogP contribution in [0, 0.1) is 0 Å². The zero-order valence-corrected chi connectivity index (χ0v) is 11.9. The van der Waals surface area contributed by atoms with Crippen LogP contribution < -0.4 is 5.32 Å². The quantitative estimate of drug-likeness (QED) is 0.628. The fraction of sp³-hybridized carbons (Fsp3) is 0.200. The third-order valence-corrected chi connectivity index (χ3v) is 3.29. The van der Waals surface area contributed by atoms with Crippen molar-refractivity contribution in [1.29, 1.82) is 0 Å². The first-order valence-corrected chi connectivity index (χ1v) is 7.17. The van der Waals surface area contributed by atoms with Crippen LogP contribution in [0.2, 0.25) is 0 Å². The van der Waals surface area contributed by atoms with Gasteiger partial charge in [0.25, 0.3) is 0 Å². The molecule has 1 amide bonds. The Kier molecular flexibility index (Phi) is 5.46. The number of carbonyl (C=O) groups is 1. The Balaban J connectivity index is 1.87. The minimum Gasteiger partial charge on any atom is -0.377 e. The molecule has 1 heterocycles. The predicted octanol–water partition coefficient (Wildman–Crippen LogP) is 3.34. The molecule has 0 saturated carbocycles. The first-order chi connectivity index (χ1) is 9.79. The largest absolute Gasteiger partial charge is 0.377 e. The smallest absolute Gasteiger partial charge is 0.228 e. The van der Waals surface area contributed by atoms with Crippen molar-refractivity contribution in [3.63, 3.8) is 0 Å². The van der Waals surface area contributed by atoms with E-state index in [0.717, 1.165) is 11.3 Å². The molecule has 4 nitrogen and oxygen atoms in total. The van der Waals surface area contributed by atoms with Crippen molar-refractivity contribution in [2.45, 2.75) is 6.42 Å². The van der Waals surface area contributed by atoms with Gasteiger partial charge in [0.15, 0.2) is 5.13 Å². The van der Waals surface area contributed by atoms with E-state index in [2.05, 4.69) is 16.9 Å². The molecule has 104 valence electrons. The molecule has 2 rings (SSSR count). The van der Waals surface area contributed by atoms with Crippen LogP contribution in [0.25, 0.3) is 11.3 Å². The predicted molar refractivity (Wildman–Crippen MR) is 81.8 cm³/mol. The summed E-state index contributed by atoms with van der Waals surface area (Å²) in [6.07, 6.45) is 1.97. The molecular weight excluding hydrogens is 272 g/mol. The average Bonchev–Trinajstić information content (AvgIpc) is 2.93. The Morgan fingerprint density at radius 2 is 2.20 bits per heavy atom. The lowest BCUT2D eigenvalue weighted by atomic mass is 10.2. The van der Waals surface area contributed by atoms with Gasteiger partial charge in [0.05, 0.1) is 25.3 Å². The van der Waals surface area contributed by atoms with Gasteiger partial charge >= 0.3 is 0 Å². The highest BCUT2D eigenvalue weighted by Gasteiger charge is 2.07. The van der Waals surface area contributed by atoms with Gasteiger partial charge in [-0.25, -0.2) is 4.98 Å². The molecule has 1 N–H and O–H groups in total. The summed E-state index contributed by atoms with van der Waals surface area (Å²) >= 11 is 1.42. The molecule has 5 heteroatoms. The van der Waals surface area contributed by atoms with Gasteiger partial charge in [0, 0.05) is 10.9 Å². The molecule has 0 aliphatic heterocycles. The molecule has 20 heavy (non-hydrogen) atoms. The fourth-order valence-corrected chi connectivity index (χ4v) is 2.32. The topological polar surface area (TPSA) is 51.2 Å². The molecule has 1 aromatic heterocycles. The number of anilines is 1. The van der Waals surface area contributed by atoms with Crippen LogP contribution in [0.3, 0.4) is 0 Å². The second kappa shape index (κ2) is 7.57. The number of hydrogen-bond acceptors (Lipinski definition) is 4. The SMILES string of the molecule is C=CCOCCC(=O)Nc1nc(-c2ccccc2)cs1. The van der Waals surface area contributed by atoms with Gasteiger partial charge in [0.2, 0.25) is 5.91 Å². The van der Waals surface area contributed by atoms with Gasteiger partial charge in [-0.3, -0.25) is 4.79 Å². The summed E-state index contributed by atoms with van der Waals surface area (Å²) in [7, 11) is 0. The number of ether oxygens (including phenoxy) is 1. The van der Waals surface area contributed by atoms with Crippen LogP contribution in [0.15, 0.2) is 48.4 Å². The van der Waals surface area contributed by atoms with Crippen molar-refractivity contribution in [3.05, 3.63) is 48.4 Å². The zero-order chi connectivity index (χ0) is 14.2. The number of benzene rings is 1. The van der Waals surface area contributed by atoms with E-state index in [1.54, 1.807) is 6.08 Å². The van der Waals surface area contributed by atoms with Gasteiger partial charge in [0.1, 0.15) is 0 Å². The van der Waals surface area contributed by atoms with Crippen molar-refractivity contribution in [1.82, 2.24) is 4.98 Å². The van der Waals surface area contributed by atoms with Gasteiger partial charge in [-0.15, -0.1) is 17.9 Å². The molecule has 0 radical (unpaired) electrons. The number of thiazole rings is 1. The summed E-state index contributed by atoms with van der Waals surface area (Å²) in [4.78, 5) is 16.1. The molecule has 1 aromatic carbocycles. The first-order valence-electron chi connectivity index (χ1n) is 6.29. The van der Waals surface area contributed by atoms with E-state index < -0.39 is 0 Å². The summed E-state index contributed by atoms with van der Waals surface area (Å²) in [6.45, 7) is 4.39. The maximum Gasteiger partial charge on any atom is 0.228 e. The third kappa shape index (κ3) is 4.29. The first kappa shape index (κ1) is 14.4. The van der Waals surface area contributed by atoms with Crippen LogP contribution in [0.5, 0.6) is 0 Å². The Hall–Kier alpha value is -1.98. The van der Waals surface area contributed by atoms with E-state index >= 15 is 0 Å². The standard InChI is InChI=1S/C15H16N2O2S/c1-2-9-19-10-8-14(18)17-15-16-13(11-20-15)12-6-4-3-5-7-12/h2-7,11H,1,8-10H2,(H,16,17,18). The molecule has 0 atom stereocenters. The van der Waals surface area contributed by atoms with Gasteiger partial charge in [-0.1, -0.05) is 36.4 Å². The molecule has 0 unspecified atom stereocenters. The number of hydrogen-bond donors (Lipinski definition) is 1. The lowest BCUT2D eigenvalue weighted by molar-refractivity contribution is -0.117. The molecule has 0 spiro atoms. The van der Waals surface area contributed by atoms with Crippen LogP contribution in [0.1, 0.15) is 6.42 Å². The van der Waals surface area contributed by atoms with Crippen LogP contribution in [-0.2, 0) is 9.53 Å². The van der Waals surface area contributed by atoms with E-state index in [0.29, 0.717) is 24.8 Å². The highest BCUT2D eigenvalue weighted by molar-refractivity contribution is 7.14. The van der Waals surface area contributed by atoms with Crippen LogP contribution >= 0.6 is 11.3 Å². The number of amides is 1. The van der Waals surface area contributed by atoms with Crippen molar-refractivity contribution >= 4 is 22.4 Å². The maximum atomic E-state index is 11.7. The van der Waals surface area contributed by atoms with Crippen molar-refractivity contribution in [2.24, 2.45) is 0 Å².